The van der Waals surface area contributed by atoms with Gasteiger partial charge in [-0.25, -0.2) is 4.98 Å². The van der Waals surface area contributed by atoms with Crippen LogP contribution in [0.15, 0.2) is 30.5 Å². The number of nitrogens with one attached hydrogen (secondary N) is 1. The second kappa shape index (κ2) is 5.90. The van der Waals surface area contributed by atoms with Crippen LogP contribution in [0.3, 0.4) is 0 Å². The average molecular weight is 260 g/mol. The lowest BCUT2D eigenvalue weighted by Crippen LogP contribution is -2.04. The van der Waals surface area contributed by atoms with Gasteiger partial charge in [0.1, 0.15) is 5.82 Å². The molecule has 0 aliphatic rings. The van der Waals surface area contributed by atoms with Crippen LogP contribution in [0.25, 0.3) is 0 Å². The van der Waals surface area contributed by atoms with Gasteiger partial charge in [-0.05, 0) is 23.8 Å². The molecule has 0 atom stereocenters. The fraction of sp³-hybridized carbons (Fsp3) is 0.231. The van der Waals surface area contributed by atoms with Gasteiger partial charge in [0.25, 0.3) is 0 Å². The molecule has 3 N–H and O–H groups in total. The molecule has 0 amide bonds. The molecule has 2 aromatic heterocycles. The minimum Gasteiger partial charge on any atom is -0.481 e. The van der Waals surface area contributed by atoms with E-state index in [1.165, 1.54) is 7.11 Å². The smallest absolute Gasteiger partial charge is 0.238 e. The molecule has 0 saturated carbocycles. The van der Waals surface area contributed by atoms with Gasteiger partial charge in [0.2, 0.25) is 11.8 Å². The van der Waals surface area contributed by atoms with Gasteiger partial charge in [-0.15, -0.1) is 0 Å². The van der Waals surface area contributed by atoms with Crippen molar-refractivity contribution >= 4 is 11.5 Å². The van der Waals surface area contributed by atoms with E-state index >= 15 is 0 Å². The zero-order chi connectivity index (χ0) is 13.7. The molecular formula is C13H16N4O2. The normalized spacial score (nSPS) is 10.0. The number of pyridine rings is 2. The zero-order valence-electron chi connectivity index (χ0n) is 10.9. The summed E-state index contributed by atoms with van der Waals surface area (Å²) in [4.78, 5) is 8.29. The van der Waals surface area contributed by atoms with Crippen LogP contribution in [0.1, 0.15) is 5.56 Å². The van der Waals surface area contributed by atoms with Crippen molar-refractivity contribution in [1.82, 2.24) is 9.97 Å². The van der Waals surface area contributed by atoms with Crippen LogP contribution in [0, 0.1) is 0 Å². The molecule has 0 unspecified atom stereocenters. The molecule has 6 nitrogen and oxygen atoms in total. The summed E-state index contributed by atoms with van der Waals surface area (Å²) < 4.78 is 10.1. The fourth-order valence-corrected chi connectivity index (χ4v) is 1.58. The number of rotatable bonds is 5. The van der Waals surface area contributed by atoms with Crippen molar-refractivity contribution in [1.29, 1.82) is 0 Å². The number of methoxy groups -OCH3 is 2. The summed E-state index contributed by atoms with van der Waals surface area (Å²) in [7, 11) is 3.13. The lowest BCUT2D eigenvalue weighted by molar-refractivity contribution is 0.397. The van der Waals surface area contributed by atoms with Crippen molar-refractivity contribution in [2.45, 2.75) is 6.54 Å². The Labute approximate surface area is 111 Å². The molecule has 2 aromatic rings. The molecule has 19 heavy (non-hydrogen) atoms. The van der Waals surface area contributed by atoms with Crippen molar-refractivity contribution in [2.24, 2.45) is 0 Å². The van der Waals surface area contributed by atoms with Gasteiger partial charge in [0, 0.05) is 18.8 Å². The maximum atomic E-state index is 5.71. The second-order valence-corrected chi connectivity index (χ2v) is 3.86. The van der Waals surface area contributed by atoms with E-state index in [1.807, 2.05) is 12.1 Å². The first kappa shape index (κ1) is 12.9. The summed E-state index contributed by atoms with van der Waals surface area (Å²) in [5, 5.41) is 3.18. The minimum absolute atomic E-state index is 0.414. The first-order chi connectivity index (χ1) is 9.22. The van der Waals surface area contributed by atoms with Crippen LogP contribution in [-0.2, 0) is 6.54 Å². The number of hydrogen-bond donors (Lipinski definition) is 2. The molecule has 6 heteroatoms. The molecule has 0 fully saturated rings. The summed E-state index contributed by atoms with van der Waals surface area (Å²) in [5.41, 5.74) is 7.26. The van der Waals surface area contributed by atoms with Crippen LogP contribution < -0.4 is 20.5 Å². The topological polar surface area (TPSA) is 82.3 Å². The molecule has 0 radical (unpaired) electrons. The molecule has 100 valence electrons. The third-order valence-electron chi connectivity index (χ3n) is 2.57. The van der Waals surface area contributed by atoms with E-state index < -0.39 is 0 Å². The highest BCUT2D eigenvalue weighted by Crippen LogP contribution is 2.20. The molecule has 0 aromatic carbocycles. The van der Waals surface area contributed by atoms with Gasteiger partial charge in [-0.3, -0.25) is 0 Å². The maximum Gasteiger partial charge on any atom is 0.238 e. The van der Waals surface area contributed by atoms with E-state index in [0.717, 1.165) is 5.56 Å². The minimum atomic E-state index is 0.414. The predicted octanol–water partition coefficient (Wildman–Crippen LogP) is 1.69. The van der Waals surface area contributed by atoms with Crippen LogP contribution >= 0.6 is 0 Å². The van der Waals surface area contributed by atoms with Crippen LogP contribution in [0.2, 0.25) is 0 Å². The Kier molecular flexibility index (Phi) is 4.02. The van der Waals surface area contributed by atoms with Gasteiger partial charge in [-0.2, -0.15) is 4.98 Å². The van der Waals surface area contributed by atoms with Crippen molar-refractivity contribution in [3.63, 3.8) is 0 Å². The Balaban J connectivity index is 2.05. The van der Waals surface area contributed by atoms with Gasteiger partial charge in [0.05, 0.1) is 19.9 Å². The maximum absolute atomic E-state index is 5.71. The lowest BCUT2D eigenvalue weighted by atomic mass is 10.2. The van der Waals surface area contributed by atoms with Crippen LogP contribution in [0.4, 0.5) is 11.5 Å². The monoisotopic (exact) mass is 260 g/mol. The third-order valence-corrected chi connectivity index (χ3v) is 2.57. The molecule has 0 aliphatic carbocycles. The Bertz CT molecular complexity index is 560. The summed E-state index contributed by atoms with van der Waals surface area (Å²) >= 11 is 0. The van der Waals surface area contributed by atoms with Gasteiger partial charge in [0.15, 0.2) is 0 Å². The predicted molar refractivity (Wildman–Crippen MR) is 73.3 cm³/mol. The van der Waals surface area contributed by atoms with Crippen molar-refractivity contribution < 1.29 is 9.47 Å². The highest BCUT2D eigenvalue weighted by Gasteiger charge is 2.03. The number of anilines is 2. The molecule has 0 bridgehead atoms. The SMILES string of the molecule is COc1cc(CNc2ccc(N)c(OC)n2)ccn1. The molecule has 0 aliphatic heterocycles. The Morgan fingerprint density at radius 2 is 2.05 bits per heavy atom. The number of aromatic nitrogens is 2. The van der Waals surface area contributed by atoms with E-state index in [4.69, 9.17) is 15.2 Å². The summed E-state index contributed by atoms with van der Waals surface area (Å²) in [5.74, 6) is 1.70. The van der Waals surface area contributed by atoms with E-state index in [0.29, 0.717) is 29.8 Å². The van der Waals surface area contributed by atoms with Crippen LogP contribution in [0.5, 0.6) is 11.8 Å². The zero-order valence-corrected chi connectivity index (χ0v) is 10.9. The quantitative estimate of drug-likeness (QED) is 0.851. The molecule has 0 spiro atoms. The standard InChI is InChI=1S/C13H16N4O2/c1-18-12-7-9(5-6-15-12)8-16-11-4-3-10(14)13(17-11)19-2/h3-7H,8,14H2,1-2H3,(H,16,17). The van der Waals surface area contributed by atoms with Gasteiger partial charge < -0.3 is 20.5 Å². The molecule has 2 heterocycles. The van der Waals surface area contributed by atoms with E-state index in [-0.39, 0.29) is 0 Å². The number of nitrogens with two attached hydrogens (primary N) is 1. The summed E-state index contributed by atoms with van der Waals surface area (Å²) in [6, 6.07) is 7.32. The summed E-state index contributed by atoms with van der Waals surface area (Å²) in [6.07, 6.45) is 1.70. The van der Waals surface area contributed by atoms with Crippen LogP contribution in [-0.4, -0.2) is 24.2 Å². The average Bonchev–Trinajstić information content (AvgIpc) is 2.46. The Morgan fingerprint density at radius 3 is 2.79 bits per heavy atom. The largest absolute Gasteiger partial charge is 0.481 e. The highest BCUT2D eigenvalue weighted by atomic mass is 16.5. The van der Waals surface area contributed by atoms with E-state index in [2.05, 4.69) is 15.3 Å². The highest BCUT2D eigenvalue weighted by molar-refractivity contribution is 5.53. The number of ether oxygens (including phenoxy) is 2. The van der Waals surface area contributed by atoms with Crippen molar-refractivity contribution in [3.8, 4) is 11.8 Å². The fourth-order valence-electron chi connectivity index (χ4n) is 1.58. The van der Waals surface area contributed by atoms with Gasteiger partial charge >= 0.3 is 0 Å². The lowest BCUT2D eigenvalue weighted by Gasteiger charge is -2.09. The van der Waals surface area contributed by atoms with Crippen molar-refractivity contribution in [2.75, 3.05) is 25.3 Å². The molecule has 0 saturated heterocycles. The van der Waals surface area contributed by atoms with Gasteiger partial charge in [-0.1, -0.05) is 0 Å². The van der Waals surface area contributed by atoms with E-state index in [1.54, 1.807) is 25.4 Å². The number of nitrogen functional groups attached to an aromatic ring is 1. The first-order valence-corrected chi connectivity index (χ1v) is 5.76. The van der Waals surface area contributed by atoms with Crippen molar-refractivity contribution in [3.05, 3.63) is 36.0 Å². The number of nitrogens with zero attached hydrogens (tertiary/aromatic N) is 2. The molecule has 2 rings (SSSR count). The Hall–Kier alpha value is -2.50. The number of hydrogen-bond acceptors (Lipinski definition) is 6. The third kappa shape index (κ3) is 3.25. The second-order valence-electron chi connectivity index (χ2n) is 3.86. The van der Waals surface area contributed by atoms with E-state index in [9.17, 15) is 0 Å². The summed E-state index contributed by atoms with van der Waals surface area (Å²) in [6.45, 7) is 0.610. The Morgan fingerprint density at radius 1 is 1.21 bits per heavy atom. The molecular weight excluding hydrogens is 244 g/mol. The first-order valence-electron chi connectivity index (χ1n) is 5.76.